The van der Waals surface area contributed by atoms with Crippen LogP contribution < -0.4 is 0 Å². The van der Waals surface area contributed by atoms with Crippen molar-refractivity contribution in [2.45, 2.75) is 33.7 Å². The van der Waals surface area contributed by atoms with Crippen molar-refractivity contribution in [2.75, 3.05) is 13.7 Å². The fraction of sp³-hybridized carbons (Fsp3) is 0.318. The molecule has 0 bridgehead atoms. The van der Waals surface area contributed by atoms with Gasteiger partial charge in [-0.15, -0.1) is 5.92 Å². The topological polar surface area (TPSA) is 59.5 Å². The standard InChI is InChI=1S/C22H24N2O3/c1-5-8-18-11-16(2)20(17(3)12-18)13-21(25)24(15-22(26)27-4)14-19-9-6-7-10-23-19/h6-7,9-12H,13-15H2,1-4H3. The molecule has 0 radical (unpaired) electrons. The average Bonchev–Trinajstić information content (AvgIpc) is 2.65. The monoisotopic (exact) mass is 364 g/mol. The molecular formula is C22H24N2O3. The second-order valence-corrected chi connectivity index (χ2v) is 6.29. The van der Waals surface area contributed by atoms with E-state index in [0.29, 0.717) is 0 Å². The molecule has 2 rings (SSSR count). The highest BCUT2D eigenvalue weighted by molar-refractivity contribution is 5.84. The summed E-state index contributed by atoms with van der Waals surface area (Å²) in [5.74, 6) is 5.33. The van der Waals surface area contributed by atoms with Crippen molar-refractivity contribution in [1.82, 2.24) is 9.88 Å². The summed E-state index contributed by atoms with van der Waals surface area (Å²) in [6.45, 7) is 5.89. The van der Waals surface area contributed by atoms with Crippen molar-refractivity contribution in [3.8, 4) is 11.8 Å². The number of aromatic nitrogens is 1. The zero-order chi connectivity index (χ0) is 19.8. The number of hydrogen-bond acceptors (Lipinski definition) is 4. The fourth-order valence-corrected chi connectivity index (χ4v) is 2.89. The van der Waals surface area contributed by atoms with Crippen LogP contribution in [0.3, 0.4) is 0 Å². The van der Waals surface area contributed by atoms with Crippen LogP contribution in [0.1, 0.15) is 34.9 Å². The predicted molar refractivity (Wildman–Crippen MR) is 104 cm³/mol. The van der Waals surface area contributed by atoms with E-state index in [1.165, 1.54) is 12.0 Å². The van der Waals surface area contributed by atoms with E-state index < -0.39 is 5.97 Å². The van der Waals surface area contributed by atoms with E-state index in [0.717, 1.165) is 27.9 Å². The van der Waals surface area contributed by atoms with E-state index in [4.69, 9.17) is 4.74 Å². The summed E-state index contributed by atoms with van der Waals surface area (Å²) in [6.07, 6.45) is 1.87. The third-order valence-electron chi connectivity index (χ3n) is 4.27. The van der Waals surface area contributed by atoms with Gasteiger partial charge in [-0.1, -0.05) is 12.0 Å². The molecule has 0 aliphatic rings. The third-order valence-corrected chi connectivity index (χ3v) is 4.27. The Hall–Kier alpha value is -3.13. The molecule has 0 aliphatic carbocycles. The molecule has 27 heavy (non-hydrogen) atoms. The van der Waals surface area contributed by atoms with Gasteiger partial charge in [-0.3, -0.25) is 14.6 Å². The molecule has 5 heteroatoms. The van der Waals surface area contributed by atoms with E-state index in [9.17, 15) is 9.59 Å². The number of amides is 1. The van der Waals surface area contributed by atoms with Crippen LogP contribution in [-0.4, -0.2) is 35.4 Å². The Morgan fingerprint density at radius 3 is 2.44 bits per heavy atom. The van der Waals surface area contributed by atoms with Crippen molar-refractivity contribution >= 4 is 11.9 Å². The Bertz CT molecular complexity index is 856. The molecule has 0 atom stereocenters. The van der Waals surface area contributed by atoms with E-state index >= 15 is 0 Å². The van der Waals surface area contributed by atoms with Gasteiger partial charge in [0.15, 0.2) is 0 Å². The minimum Gasteiger partial charge on any atom is -0.468 e. The number of carbonyl (C=O) groups excluding carboxylic acids is 2. The molecule has 1 aromatic heterocycles. The van der Waals surface area contributed by atoms with Crippen LogP contribution in [0.25, 0.3) is 0 Å². The summed E-state index contributed by atoms with van der Waals surface area (Å²) in [7, 11) is 1.31. The molecule has 0 N–H and O–H groups in total. The third kappa shape index (κ3) is 5.68. The highest BCUT2D eigenvalue weighted by atomic mass is 16.5. The Morgan fingerprint density at radius 1 is 1.19 bits per heavy atom. The summed E-state index contributed by atoms with van der Waals surface area (Å²) in [5, 5.41) is 0. The molecule has 0 saturated carbocycles. The molecule has 1 amide bonds. The molecule has 0 spiro atoms. The number of esters is 1. The molecule has 5 nitrogen and oxygen atoms in total. The molecular weight excluding hydrogens is 340 g/mol. The normalized spacial score (nSPS) is 9.93. The zero-order valence-electron chi connectivity index (χ0n) is 16.2. The number of carbonyl (C=O) groups is 2. The number of benzene rings is 1. The molecule has 0 saturated heterocycles. The highest BCUT2D eigenvalue weighted by Crippen LogP contribution is 2.18. The molecule has 2 aromatic rings. The van der Waals surface area contributed by atoms with Crippen molar-refractivity contribution < 1.29 is 14.3 Å². The van der Waals surface area contributed by atoms with Crippen LogP contribution in [0.4, 0.5) is 0 Å². The minimum atomic E-state index is -0.457. The molecule has 0 aliphatic heterocycles. The lowest BCUT2D eigenvalue weighted by Crippen LogP contribution is -2.37. The van der Waals surface area contributed by atoms with Crippen molar-refractivity contribution in [3.05, 3.63) is 64.5 Å². The summed E-state index contributed by atoms with van der Waals surface area (Å²) in [5.41, 5.74) is 4.63. The lowest BCUT2D eigenvalue weighted by atomic mass is 9.96. The van der Waals surface area contributed by atoms with Crippen LogP contribution in [0.2, 0.25) is 0 Å². The van der Waals surface area contributed by atoms with Crippen LogP contribution in [-0.2, 0) is 27.3 Å². The first-order valence-corrected chi connectivity index (χ1v) is 8.72. The Labute approximate surface area is 160 Å². The predicted octanol–water partition coefficient (Wildman–Crippen LogP) is 2.81. The molecule has 1 heterocycles. The van der Waals surface area contributed by atoms with Gasteiger partial charge in [-0.25, -0.2) is 0 Å². The maximum atomic E-state index is 12.9. The number of aryl methyl sites for hydroxylation is 2. The van der Waals surface area contributed by atoms with Crippen LogP contribution in [0, 0.1) is 25.7 Å². The average molecular weight is 364 g/mol. The van der Waals surface area contributed by atoms with Crippen LogP contribution in [0.5, 0.6) is 0 Å². The van der Waals surface area contributed by atoms with Gasteiger partial charge in [0, 0.05) is 11.8 Å². The number of hydrogen-bond donors (Lipinski definition) is 0. The lowest BCUT2D eigenvalue weighted by Gasteiger charge is -2.22. The Kier molecular flexibility index (Phi) is 7.13. The number of methoxy groups -OCH3 is 1. The first-order valence-electron chi connectivity index (χ1n) is 8.72. The quantitative estimate of drug-likeness (QED) is 0.584. The second-order valence-electron chi connectivity index (χ2n) is 6.29. The Balaban J connectivity index is 2.24. The van der Waals surface area contributed by atoms with Gasteiger partial charge in [0.1, 0.15) is 6.54 Å². The smallest absolute Gasteiger partial charge is 0.325 e. The van der Waals surface area contributed by atoms with Gasteiger partial charge in [-0.2, -0.15) is 0 Å². The number of rotatable bonds is 6. The fourth-order valence-electron chi connectivity index (χ4n) is 2.89. The van der Waals surface area contributed by atoms with Gasteiger partial charge < -0.3 is 9.64 Å². The number of pyridine rings is 1. The largest absolute Gasteiger partial charge is 0.468 e. The van der Waals surface area contributed by atoms with Crippen molar-refractivity contribution in [2.24, 2.45) is 0 Å². The summed E-state index contributed by atoms with van der Waals surface area (Å²) >= 11 is 0. The first-order chi connectivity index (χ1) is 12.9. The van der Waals surface area contributed by atoms with Crippen LogP contribution in [0.15, 0.2) is 36.5 Å². The van der Waals surface area contributed by atoms with E-state index in [-0.39, 0.29) is 25.4 Å². The van der Waals surface area contributed by atoms with E-state index in [2.05, 4.69) is 16.8 Å². The van der Waals surface area contributed by atoms with Gasteiger partial charge in [0.2, 0.25) is 5.91 Å². The van der Waals surface area contributed by atoms with E-state index in [1.54, 1.807) is 13.1 Å². The first kappa shape index (κ1) is 20.2. The van der Waals surface area contributed by atoms with Crippen molar-refractivity contribution in [1.29, 1.82) is 0 Å². The summed E-state index contributed by atoms with van der Waals surface area (Å²) in [6, 6.07) is 9.45. The maximum Gasteiger partial charge on any atom is 0.325 e. The SMILES string of the molecule is CC#Cc1cc(C)c(CC(=O)N(CC(=O)OC)Cc2ccccn2)c(C)c1. The van der Waals surface area contributed by atoms with Gasteiger partial charge in [-0.05, 0) is 61.7 Å². The maximum absolute atomic E-state index is 12.9. The number of nitrogens with zero attached hydrogens (tertiary/aromatic N) is 2. The summed E-state index contributed by atoms with van der Waals surface area (Å²) in [4.78, 5) is 30.4. The lowest BCUT2D eigenvalue weighted by molar-refractivity contribution is -0.147. The second kappa shape index (κ2) is 9.54. The molecule has 140 valence electrons. The number of ether oxygens (including phenoxy) is 1. The van der Waals surface area contributed by atoms with Gasteiger partial charge in [0.25, 0.3) is 0 Å². The van der Waals surface area contributed by atoms with Crippen molar-refractivity contribution in [3.63, 3.8) is 0 Å². The summed E-state index contributed by atoms with van der Waals surface area (Å²) < 4.78 is 4.74. The molecule has 0 fully saturated rings. The molecule has 0 unspecified atom stereocenters. The van der Waals surface area contributed by atoms with Crippen LogP contribution >= 0.6 is 0 Å². The Morgan fingerprint density at radius 2 is 1.89 bits per heavy atom. The van der Waals surface area contributed by atoms with E-state index in [1.807, 2.05) is 44.2 Å². The van der Waals surface area contributed by atoms with Gasteiger partial charge >= 0.3 is 5.97 Å². The molecule has 1 aromatic carbocycles. The zero-order valence-corrected chi connectivity index (χ0v) is 16.2. The highest BCUT2D eigenvalue weighted by Gasteiger charge is 2.20. The minimum absolute atomic E-state index is 0.108. The van der Waals surface area contributed by atoms with Gasteiger partial charge in [0.05, 0.1) is 25.8 Å².